The maximum absolute atomic E-state index is 6.35. The average molecular weight is 370 g/mol. The second-order valence-electron chi connectivity index (χ2n) is 4.87. The number of benzene rings is 2. The second-order valence-corrected chi connectivity index (χ2v) is 6.17. The van der Waals surface area contributed by atoms with Crippen molar-refractivity contribution < 1.29 is 9.47 Å². The monoisotopic (exact) mass is 368 g/mol. The first-order chi connectivity index (χ1) is 10.0. The fourth-order valence-corrected chi connectivity index (χ4v) is 3.91. The lowest BCUT2D eigenvalue weighted by atomic mass is 9.95. The summed E-state index contributed by atoms with van der Waals surface area (Å²) in [6, 6.07) is 10.1. The molecule has 0 aliphatic heterocycles. The molecule has 1 unspecified atom stereocenters. The Morgan fingerprint density at radius 3 is 2.14 bits per heavy atom. The number of rotatable bonds is 4. The topological polar surface area (TPSA) is 18.5 Å². The molecule has 0 aromatic heterocycles. The number of methoxy groups -OCH3 is 2. The molecule has 0 amide bonds. The zero-order valence-corrected chi connectivity index (χ0v) is 14.9. The van der Waals surface area contributed by atoms with Crippen molar-refractivity contribution in [2.75, 3.05) is 14.2 Å². The summed E-state index contributed by atoms with van der Waals surface area (Å²) in [6.45, 7) is 4.21. The molecule has 0 saturated carbocycles. The molecule has 0 spiro atoms. The molecule has 0 N–H and O–H groups in total. The van der Waals surface area contributed by atoms with Crippen molar-refractivity contribution in [1.82, 2.24) is 0 Å². The van der Waals surface area contributed by atoms with Crippen LogP contribution < -0.4 is 9.47 Å². The second kappa shape index (κ2) is 6.71. The van der Waals surface area contributed by atoms with Crippen molar-refractivity contribution in [3.8, 4) is 11.5 Å². The fourth-order valence-electron chi connectivity index (χ4n) is 2.50. The molecule has 0 aliphatic carbocycles. The maximum atomic E-state index is 6.35. The molecule has 4 heteroatoms. The Labute approximate surface area is 139 Å². The molecule has 2 nitrogen and oxygen atoms in total. The fraction of sp³-hybridized carbons (Fsp3) is 0.294. The Bertz CT molecular complexity index is 635. The number of aryl methyl sites for hydroxylation is 2. The van der Waals surface area contributed by atoms with Crippen LogP contribution in [0.2, 0.25) is 5.02 Å². The minimum absolute atomic E-state index is 0.0112. The van der Waals surface area contributed by atoms with Crippen LogP contribution in [0.4, 0.5) is 0 Å². The van der Waals surface area contributed by atoms with Gasteiger partial charge in [-0.1, -0.05) is 51.8 Å². The summed E-state index contributed by atoms with van der Waals surface area (Å²) in [5.74, 6) is 1.25. The third-order valence-electron chi connectivity index (χ3n) is 3.58. The largest absolute Gasteiger partial charge is 0.495 e. The Morgan fingerprint density at radius 1 is 1.00 bits per heavy atom. The first-order valence-electron chi connectivity index (χ1n) is 6.61. The summed E-state index contributed by atoms with van der Waals surface area (Å²) in [6.07, 6.45) is 0. The van der Waals surface area contributed by atoms with Gasteiger partial charge in [-0.3, -0.25) is 0 Å². The SMILES string of the molecule is COc1ccc(C(Br)c2c(C)cccc2C)c(OC)c1Cl. The Hall–Kier alpha value is -1.19. The lowest BCUT2D eigenvalue weighted by Crippen LogP contribution is -2.02. The van der Waals surface area contributed by atoms with E-state index in [-0.39, 0.29) is 4.83 Å². The highest BCUT2D eigenvalue weighted by Gasteiger charge is 2.22. The highest BCUT2D eigenvalue weighted by molar-refractivity contribution is 9.09. The van der Waals surface area contributed by atoms with E-state index >= 15 is 0 Å². The summed E-state index contributed by atoms with van der Waals surface area (Å²) in [5.41, 5.74) is 4.68. The Kier molecular flexibility index (Phi) is 5.17. The van der Waals surface area contributed by atoms with Gasteiger partial charge in [0.1, 0.15) is 16.5 Å². The summed E-state index contributed by atoms with van der Waals surface area (Å²) in [5, 5.41) is 0.494. The zero-order chi connectivity index (χ0) is 15.6. The Morgan fingerprint density at radius 2 is 1.62 bits per heavy atom. The van der Waals surface area contributed by atoms with Crippen LogP contribution in [0.3, 0.4) is 0 Å². The van der Waals surface area contributed by atoms with Gasteiger partial charge in [-0.25, -0.2) is 0 Å². The third-order valence-corrected chi connectivity index (χ3v) is 4.89. The molecule has 112 valence electrons. The van der Waals surface area contributed by atoms with Crippen LogP contribution in [0, 0.1) is 13.8 Å². The van der Waals surface area contributed by atoms with Crippen molar-refractivity contribution in [3.63, 3.8) is 0 Å². The van der Waals surface area contributed by atoms with E-state index in [1.54, 1.807) is 14.2 Å². The van der Waals surface area contributed by atoms with E-state index in [9.17, 15) is 0 Å². The number of halogens is 2. The highest BCUT2D eigenvalue weighted by atomic mass is 79.9. The van der Waals surface area contributed by atoms with E-state index in [0.717, 1.165) is 5.56 Å². The van der Waals surface area contributed by atoms with Gasteiger partial charge in [-0.2, -0.15) is 0 Å². The van der Waals surface area contributed by atoms with E-state index in [0.29, 0.717) is 16.5 Å². The Balaban J connectivity index is 2.59. The van der Waals surface area contributed by atoms with Gasteiger partial charge in [0.05, 0.1) is 19.0 Å². The van der Waals surface area contributed by atoms with Crippen molar-refractivity contribution in [2.45, 2.75) is 18.7 Å². The van der Waals surface area contributed by atoms with E-state index in [1.165, 1.54) is 16.7 Å². The van der Waals surface area contributed by atoms with Crippen molar-refractivity contribution in [2.24, 2.45) is 0 Å². The number of ether oxygens (including phenoxy) is 2. The van der Waals surface area contributed by atoms with Crippen LogP contribution in [0.1, 0.15) is 27.1 Å². The van der Waals surface area contributed by atoms with E-state index in [4.69, 9.17) is 21.1 Å². The molecule has 0 heterocycles. The third kappa shape index (κ3) is 3.04. The summed E-state index contributed by atoms with van der Waals surface area (Å²) >= 11 is 10.1. The standard InChI is InChI=1S/C17H18BrClO2/c1-10-6-5-7-11(2)14(10)15(18)12-8-9-13(20-3)16(19)17(12)21-4/h5-9,15H,1-4H3. The molecule has 21 heavy (non-hydrogen) atoms. The lowest BCUT2D eigenvalue weighted by Gasteiger charge is -2.20. The normalized spacial score (nSPS) is 12.1. The molecule has 0 aliphatic rings. The van der Waals surface area contributed by atoms with E-state index < -0.39 is 0 Å². The number of hydrogen-bond donors (Lipinski definition) is 0. The summed E-state index contributed by atoms with van der Waals surface area (Å²) < 4.78 is 10.7. The van der Waals surface area contributed by atoms with Crippen molar-refractivity contribution >= 4 is 27.5 Å². The summed E-state index contributed by atoms with van der Waals surface area (Å²) in [7, 11) is 3.21. The first-order valence-corrected chi connectivity index (χ1v) is 7.91. The molecule has 0 fully saturated rings. The molecular weight excluding hydrogens is 352 g/mol. The molecule has 2 aromatic rings. The van der Waals surface area contributed by atoms with Gasteiger partial charge in [0.25, 0.3) is 0 Å². The predicted octanol–water partition coefficient (Wildman–Crippen LogP) is 5.46. The predicted molar refractivity (Wildman–Crippen MR) is 91.2 cm³/mol. The van der Waals surface area contributed by atoms with Crippen molar-refractivity contribution in [3.05, 3.63) is 57.6 Å². The van der Waals surface area contributed by atoms with E-state index in [1.807, 2.05) is 12.1 Å². The highest BCUT2D eigenvalue weighted by Crippen LogP contribution is 2.45. The quantitative estimate of drug-likeness (QED) is 0.666. The molecule has 0 bridgehead atoms. The number of alkyl halides is 1. The molecule has 2 rings (SSSR count). The van der Waals surface area contributed by atoms with E-state index in [2.05, 4.69) is 48.0 Å². The van der Waals surface area contributed by atoms with Crippen LogP contribution in [0.15, 0.2) is 30.3 Å². The van der Waals surface area contributed by atoms with Gasteiger partial charge in [0, 0.05) is 5.56 Å². The zero-order valence-electron chi connectivity index (χ0n) is 12.5. The van der Waals surface area contributed by atoms with Crippen LogP contribution in [0.25, 0.3) is 0 Å². The van der Waals surface area contributed by atoms with Crippen molar-refractivity contribution in [1.29, 1.82) is 0 Å². The molecule has 2 aromatic carbocycles. The van der Waals surface area contributed by atoms with Gasteiger partial charge >= 0.3 is 0 Å². The van der Waals surface area contributed by atoms with Gasteiger partial charge in [0.15, 0.2) is 0 Å². The number of hydrogen-bond acceptors (Lipinski definition) is 2. The van der Waals surface area contributed by atoms with Crippen LogP contribution >= 0.6 is 27.5 Å². The summed E-state index contributed by atoms with van der Waals surface area (Å²) in [4.78, 5) is 0.0112. The van der Waals surface area contributed by atoms with Crippen LogP contribution in [-0.4, -0.2) is 14.2 Å². The average Bonchev–Trinajstić information content (AvgIpc) is 2.46. The van der Waals surface area contributed by atoms with Crippen LogP contribution in [0.5, 0.6) is 11.5 Å². The van der Waals surface area contributed by atoms with Crippen LogP contribution in [-0.2, 0) is 0 Å². The van der Waals surface area contributed by atoms with Gasteiger partial charge in [0.2, 0.25) is 0 Å². The van der Waals surface area contributed by atoms with Gasteiger partial charge in [-0.15, -0.1) is 0 Å². The first kappa shape index (κ1) is 16.2. The van der Waals surface area contributed by atoms with Gasteiger partial charge in [-0.05, 0) is 36.6 Å². The molecule has 1 atom stereocenters. The smallest absolute Gasteiger partial charge is 0.145 e. The minimum Gasteiger partial charge on any atom is -0.495 e. The maximum Gasteiger partial charge on any atom is 0.145 e. The molecule has 0 radical (unpaired) electrons. The molecule has 0 saturated heterocycles. The van der Waals surface area contributed by atoms with Gasteiger partial charge < -0.3 is 9.47 Å². The lowest BCUT2D eigenvalue weighted by molar-refractivity contribution is 0.392. The minimum atomic E-state index is 0.0112. The molecular formula is C17H18BrClO2.